The number of H-pyrrole nitrogens is 1. The third-order valence-electron chi connectivity index (χ3n) is 6.46. The van der Waals surface area contributed by atoms with Gasteiger partial charge in [0.25, 0.3) is 0 Å². The monoisotopic (exact) mass is 423 g/mol. The summed E-state index contributed by atoms with van der Waals surface area (Å²) in [4.78, 5) is 12.6. The number of aromatic amines is 1. The number of fused-ring (bicyclic) bond motifs is 2. The predicted molar refractivity (Wildman–Crippen MR) is 127 cm³/mol. The van der Waals surface area contributed by atoms with Crippen LogP contribution in [-0.4, -0.2) is 30.8 Å². The summed E-state index contributed by atoms with van der Waals surface area (Å²) in [5.74, 6) is 0.741. The van der Waals surface area contributed by atoms with Gasteiger partial charge in [0.1, 0.15) is 11.8 Å². The molecule has 1 N–H and O–H groups in total. The molecule has 1 aliphatic rings. The molecule has 0 aliphatic heterocycles. The molecule has 0 saturated heterocycles. The molecule has 0 unspecified atom stereocenters. The summed E-state index contributed by atoms with van der Waals surface area (Å²) in [7, 11) is 1.92. The molecule has 4 heterocycles. The zero-order valence-electron chi connectivity index (χ0n) is 18.1. The van der Waals surface area contributed by atoms with Gasteiger partial charge >= 0.3 is 0 Å². The molecular weight excluding hydrogens is 398 g/mol. The average Bonchev–Trinajstić information content (AvgIpc) is 3.45. The van der Waals surface area contributed by atoms with Gasteiger partial charge in [0, 0.05) is 59.3 Å². The van der Waals surface area contributed by atoms with E-state index in [-0.39, 0.29) is 6.10 Å². The van der Waals surface area contributed by atoms with E-state index in [2.05, 4.69) is 50.4 Å². The van der Waals surface area contributed by atoms with Crippen LogP contribution in [0, 0.1) is 0 Å². The minimum absolute atomic E-state index is 0.268. The summed E-state index contributed by atoms with van der Waals surface area (Å²) in [5, 5.41) is 7.58. The zero-order chi connectivity index (χ0) is 21.5. The number of pyridine rings is 2. The molecule has 5 aromatic rings. The van der Waals surface area contributed by atoms with Crippen molar-refractivity contribution in [1.29, 1.82) is 0 Å². The zero-order valence-corrected chi connectivity index (χ0v) is 18.1. The fourth-order valence-electron chi connectivity index (χ4n) is 4.80. The van der Waals surface area contributed by atoms with Crippen molar-refractivity contribution in [2.45, 2.75) is 38.2 Å². The lowest BCUT2D eigenvalue weighted by molar-refractivity contribution is 0.151. The maximum atomic E-state index is 6.37. The number of rotatable bonds is 4. The summed E-state index contributed by atoms with van der Waals surface area (Å²) < 4.78 is 8.18. The number of nitrogens with zero attached hydrogens (tertiary/aromatic N) is 4. The second-order valence-electron chi connectivity index (χ2n) is 8.62. The second kappa shape index (κ2) is 7.79. The van der Waals surface area contributed by atoms with Crippen LogP contribution in [0.2, 0.25) is 0 Å². The Morgan fingerprint density at radius 2 is 1.84 bits per heavy atom. The van der Waals surface area contributed by atoms with Crippen molar-refractivity contribution in [2.75, 3.05) is 0 Å². The highest BCUT2D eigenvalue weighted by Crippen LogP contribution is 2.37. The second-order valence-corrected chi connectivity index (χ2v) is 8.62. The molecule has 1 fully saturated rings. The van der Waals surface area contributed by atoms with Crippen LogP contribution in [0.4, 0.5) is 0 Å². The summed E-state index contributed by atoms with van der Waals surface area (Å²) in [6.45, 7) is 0. The largest absolute Gasteiger partial charge is 0.474 e. The van der Waals surface area contributed by atoms with Crippen molar-refractivity contribution in [1.82, 2.24) is 24.7 Å². The molecule has 32 heavy (non-hydrogen) atoms. The average molecular weight is 424 g/mol. The number of hydrogen-bond donors (Lipinski definition) is 1. The Morgan fingerprint density at radius 3 is 2.69 bits per heavy atom. The van der Waals surface area contributed by atoms with E-state index in [1.165, 1.54) is 19.3 Å². The number of ether oxygens (including phenoxy) is 1. The van der Waals surface area contributed by atoms with Crippen molar-refractivity contribution in [2.24, 2.45) is 7.05 Å². The maximum absolute atomic E-state index is 6.37. The van der Waals surface area contributed by atoms with Gasteiger partial charge in [-0.3, -0.25) is 4.68 Å². The summed E-state index contributed by atoms with van der Waals surface area (Å²) in [6.07, 6.45) is 16.0. The topological polar surface area (TPSA) is 68.6 Å². The van der Waals surface area contributed by atoms with Crippen LogP contribution in [0.5, 0.6) is 5.88 Å². The number of aryl methyl sites for hydroxylation is 1. The van der Waals surface area contributed by atoms with Crippen LogP contribution in [-0.2, 0) is 7.05 Å². The minimum Gasteiger partial charge on any atom is -0.474 e. The Morgan fingerprint density at radius 1 is 0.938 bits per heavy atom. The van der Waals surface area contributed by atoms with Gasteiger partial charge in [-0.25, -0.2) is 9.97 Å². The standard InChI is InChI=1S/C26H25N5O/c1-31-16-18(14-30-31)17-12-23-24(15-29-25(23)28-13-17)20-8-5-9-22-21(20)10-11-27-26(22)32-19-6-3-2-4-7-19/h5,8-16,19H,2-4,6-7H2,1H3,(H,28,29). The van der Waals surface area contributed by atoms with E-state index in [9.17, 15) is 0 Å². The quantitative estimate of drug-likeness (QED) is 0.391. The number of hydrogen-bond acceptors (Lipinski definition) is 4. The molecular formula is C26H25N5O. The molecule has 0 amide bonds. The maximum Gasteiger partial charge on any atom is 0.221 e. The lowest BCUT2D eigenvalue weighted by Gasteiger charge is -2.23. The Balaban J connectivity index is 1.46. The van der Waals surface area contributed by atoms with Crippen LogP contribution in [0.15, 0.2) is 61.3 Å². The predicted octanol–water partition coefficient (Wildman–Crippen LogP) is 5.89. The molecule has 0 bridgehead atoms. The fraction of sp³-hybridized carbons (Fsp3) is 0.269. The Kier molecular flexibility index (Phi) is 4.63. The highest BCUT2D eigenvalue weighted by Gasteiger charge is 2.18. The van der Waals surface area contributed by atoms with Gasteiger partial charge in [-0.05, 0) is 54.8 Å². The van der Waals surface area contributed by atoms with Gasteiger partial charge < -0.3 is 9.72 Å². The van der Waals surface area contributed by atoms with Crippen LogP contribution in [0.25, 0.3) is 44.1 Å². The Hall–Kier alpha value is -3.67. The van der Waals surface area contributed by atoms with E-state index in [0.29, 0.717) is 0 Å². The van der Waals surface area contributed by atoms with Crippen LogP contribution >= 0.6 is 0 Å². The van der Waals surface area contributed by atoms with Gasteiger partial charge in [0.2, 0.25) is 5.88 Å². The Bertz CT molecular complexity index is 1410. The van der Waals surface area contributed by atoms with E-state index in [4.69, 9.17) is 4.74 Å². The van der Waals surface area contributed by atoms with Gasteiger partial charge in [-0.15, -0.1) is 0 Å². The number of benzene rings is 1. The van der Waals surface area contributed by atoms with Gasteiger partial charge in [0.05, 0.1) is 6.20 Å². The molecule has 1 aliphatic carbocycles. The molecule has 0 atom stereocenters. The Labute approximate surface area is 186 Å². The summed E-state index contributed by atoms with van der Waals surface area (Å²) >= 11 is 0. The molecule has 6 rings (SSSR count). The van der Waals surface area contributed by atoms with Crippen molar-refractivity contribution >= 4 is 21.8 Å². The molecule has 0 radical (unpaired) electrons. The van der Waals surface area contributed by atoms with E-state index < -0.39 is 0 Å². The highest BCUT2D eigenvalue weighted by molar-refractivity contribution is 6.06. The lowest BCUT2D eigenvalue weighted by atomic mass is 9.97. The van der Waals surface area contributed by atoms with Crippen LogP contribution in [0.1, 0.15) is 32.1 Å². The van der Waals surface area contributed by atoms with Crippen molar-refractivity contribution in [3.05, 3.63) is 61.3 Å². The van der Waals surface area contributed by atoms with Crippen LogP contribution < -0.4 is 4.74 Å². The van der Waals surface area contributed by atoms with Gasteiger partial charge in [0.15, 0.2) is 0 Å². The molecule has 1 saturated carbocycles. The van der Waals surface area contributed by atoms with Crippen molar-refractivity contribution in [3.8, 4) is 28.1 Å². The lowest BCUT2D eigenvalue weighted by Crippen LogP contribution is -2.20. The molecule has 0 spiro atoms. The van der Waals surface area contributed by atoms with Crippen LogP contribution in [0.3, 0.4) is 0 Å². The van der Waals surface area contributed by atoms with E-state index >= 15 is 0 Å². The van der Waals surface area contributed by atoms with E-state index in [0.717, 1.165) is 62.8 Å². The SMILES string of the molecule is Cn1cc(-c2cnc3[nH]cc(-c4cccc5c(OC6CCCCC6)nccc45)c3c2)cn1. The molecule has 6 nitrogen and oxygen atoms in total. The first-order chi connectivity index (χ1) is 15.8. The third-order valence-corrected chi connectivity index (χ3v) is 6.46. The van der Waals surface area contributed by atoms with Crippen molar-refractivity contribution < 1.29 is 4.74 Å². The first-order valence-corrected chi connectivity index (χ1v) is 11.3. The van der Waals surface area contributed by atoms with Gasteiger partial charge in [-0.1, -0.05) is 18.6 Å². The first kappa shape index (κ1) is 19.0. The summed E-state index contributed by atoms with van der Waals surface area (Å²) in [6, 6.07) is 10.6. The molecule has 6 heteroatoms. The molecule has 1 aromatic carbocycles. The van der Waals surface area contributed by atoms with E-state index in [1.807, 2.05) is 42.7 Å². The smallest absolute Gasteiger partial charge is 0.221 e. The summed E-state index contributed by atoms with van der Waals surface area (Å²) in [5.41, 5.74) is 5.25. The number of aromatic nitrogens is 5. The highest BCUT2D eigenvalue weighted by atomic mass is 16.5. The third kappa shape index (κ3) is 3.32. The fourth-order valence-corrected chi connectivity index (χ4v) is 4.80. The normalized spacial score (nSPS) is 14.9. The van der Waals surface area contributed by atoms with Crippen molar-refractivity contribution in [3.63, 3.8) is 0 Å². The van der Waals surface area contributed by atoms with Gasteiger partial charge in [-0.2, -0.15) is 5.10 Å². The molecule has 160 valence electrons. The minimum atomic E-state index is 0.268. The first-order valence-electron chi connectivity index (χ1n) is 11.3. The molecule has 4 aromatic heterocycles. The van der Waals surface area contributed by atoms with E-state index in [1.54, 1.807) is 0 Å². The number of nitrogens with one attached hydrogen (secondary N) is 1.